The van der Waals surface area contributed by atoms with Gasteiger partial charge in [-0.25, -0.2) is 8.78 Å². The predicted molar refractivity (Wildman–Crippen MR) is 98.8 cm³/mol. The molecule has 4 rings (SSSR count). The number of aryl methyl sites for hydroxylation is 1. The van der Waals surface area contributed by atoms with Crippen molar-refractivity contribution in [1.29, 1.82) is 0 Å². The van der Waals surface area contributed by atoms with Gasteiger partial charge in [-0.05, 0) is 61.0 Å². The lowest BCUT2D eigenvalue weighted by Crippen LogP contribution is -2.40. The van der Waals surface area contributed by atoms with E-state index < -0.39 is 0 Å². The van der Waals surface area contributed by atoms with Gasteiger partial charge in [-0.1, -0.05) is 0 Å². The van der Waals surface area contributed by atoms with Crippen LogP contribution in [-0.2, 0) is 13.1 Å². The molecule has 2 heterocycles. The summed E-state index contributed by atoms with van der Waals surface area (Å²) in [4.78, 5) is 14.4. The van der Waals surface area contributed by atoms with Gasteiger partial charge in [0.2, 0.25) is 0 Å². The number of nitrogens with one attached hydrogen (secondary N) is 1. The van der Waals surface area contributed by atoms with Gasteiger partial charge >= 0.3 is 0 Å². The van der Waals surface area contributed by atoms with Crippen molar-refractivity contribution in [3.8, 4) is 0 Å². The van der Waals surface area contributed by atoms with Crippen molar-refractivity contribution in [3.05, 3.63) is 77.1 Å². The molecule has 2 aromatic carbocycles. The molecular weight excluding hydrogens is 350 g/mol. The molecule has 3 aromatic rings. The average Bonchev–Trinajstić information content (AvgIpc) is 3.08. The smallest absolute Gasteiger partial charge is 0.276 e. The number of hydrogen-bond donors (Lipinski definition) is 1. The number of anilines is 2. The van der Waals surface area contributed by atoms with Crippen LogP contribution in [0.25, 0.3) is 0 Å². The van der Waals surface area contributed by atoms with E-state index in [9.17, 15) is 13.6 Å². The van der Waals surface area contributed by atoms with Crippen molar-refractivity contribution in [2.75, 3.05) is 16.8 Å². The first-order chi connectivity index (χ1) is 13.0. The molecule has 0 atom stereocenters. The van der Waals surface area contributed by atoms with Gasteiger partial charge in [0, 0.05) is 17.9 Å². The number of carbonyl (C=O) groups is 1. The summed E-state index contributed by atoms with van der Waals surface area (Å²) in [7, 11) is 0. The highest BCUT2D eigenvalue weighted by Gasteiger charge is 2.27. The molecule has 0 spiro atoms. The molecule has 0 saturated heterocycles. The van der Waals surface area contributed by atoms with Gasteiger partial charge in [-0.15, -0.1) is 0 Å². The Morgan fingerprint density at radius 3 is 2.59 bits per heavy atom. The number of aromatic nitrogens is 2. The van der Waals surface area contributed by atoms with Gasteiger partial charge < -0.3 is 10.2 Å². The Bertz CT molecular complexity index is 998. The Morgan fingerprint density at radius 1 is 1.07 bits per heavy atom. The highest BCUT2D eigenvalue weighted by atomic mass is 19.1. The quantitative estimate of drug-likeness (QED) is 0.763. The molecule has 0 bridgehead atoms. The molecule has 27 heavy (non-hydrogen) atoms. The Balaban J connectivity index is 1.50. The van der Waals surface area contributed by atoms with E-state index in [-0.39, 0.29) is 17.5 Å². The van der Waals surface area contributed by atoms with Crippen molar-refractivity contribution in [3.63, 3.8) is 0 Å². The number of amides is 1. The lowest BCUT2D eigenvalue weighted by Gasteiger charge is -2.27. The van der Waals surface area contributed by atoms with E-state index in [2.05, 4.69) is 10.4 Å². The fraction of sp³-hybridized carbons (Fsp3) is 0.200. The fourth-order valence-electron chi connectivity index (χ4n) is 3.15. The van der Waals surface area contributed by atoms with Crippen LogP contribution in [0.5, 0.6) is 0 Å². The lowest BCUT2D eigenvalue weighted by molar-refractivity contribution is 0.0962. The van der Waals surface area contributed by atoms with Crippen LogP contribution in [0.1, 0.15) is 21.7 Å². The lowest BCUT2D eigenvalue weighted by atomic mass is 10.2. The van der Waals surface area contributed by atoms with Crippen LogP contribution in [0.15, 0.2) is 48.5 Å². The Hall–Kier alpha value is -3.22. The molecule has 0 unspecified atom stereocenters. The molecule has 1 aliphatic rings. The first kappa shape index (κ1) is 17.2. The molecule has 1 aromatic heterocycles. The zero-order valence-electron chi connectivity index (χ0n) is 14.7. The maximum atomic E-state index is 13.4. The standard InChI is InChI=1S/C20H18F2N4O/c1-13-10-15(4-7-18(13)22)23-12-16-11-19-20(27)25(8-9-26(19)24-16)17-5-2-14(21)3-6-17/h2-7,10-11,23H,8-9,12H2,1H3. The second-order valence-corrected chi connectivity index (χ2v) is 6.49. The van der Waals surface area contributed by atoms with Crippen LogP contribution in [0.4, 0.5) is 20.2 Å². The summed E-state index contributed by atoms with van der Waals surface area (Å²) in [5, 5.41) is 7.66. The highest BCUT2D eigenvalue weighted by molar-refractivity contribution is 6.05. The van der Waals surface area contributed by atoms with E-state index in [0.717, 1.165) is 11.4 Å². The van der Waals surface area contributed by atoms with E-state index in [0.29, 0.717) is 36.6 Å². The molecule has 138 valence electrons. The molecular formula is C20H18F2N4O. The minimum absolute atomic E-state index is 0.163. The van der Waals surface area contributed by atoms with Gasteiger partial charge in [-0.3, -0.25) is 9.48 Å². The molecule has 1 amide bonds. The van der Waals surface area contributed by atoms with E-state index in [1.165, 1.54) is 18.2 Å². The number of nitrogens with zero attached hydrogens (tertiary/aromatic N) is 3. The Morgan fingerprint density at radius 2 is 1.85 bits per heavy atom. The number of halogens is 2. The monoisotopic (exact) mass is 368 g/mol. The van der Waals surface area contributed by atoms with Crippen LogP contribution in [0, 0.1) is 18.6 Å². The van der Waals surface area contributed by atoms with E-state index in [1.54, 1.807) is 46.8 Å². The number of hydrogen-bond acceptors (Lipinski definition) is 3. The third-order valence-corrected chi connectivity index (χ3v) is 4.60. The van der Waals surface area contributed by atoms with Gasteiger partial charge in [0.05, 0.1) is 18.8 Å². The molecule has 1 aliphatic heterocycles. The predicted octanol–water partition coefficient (Wildman–Crippen LogP) is 3.74. The third-order valence-electron chi connectivity index (χ3n) is 4.60. The summed E-state index contributed by atoms with van der Waals surface area (Å²) >= 11 is 0. The number of benzene rings is 2. The molecule has 5 nitrogen and oxygen atoms in total. The van der Waals surface area contributed by atoms with Crippen LogP contribution >= 0.6 is 0 Å². The maximum Gasteiger partial charge on any atom is 0.276 e. The van der Waals surface area contributed by atoms with Crippen LogP contribution in [-0.4, -0.2) is 22.2 Å². The van der Waals surface area contributed by atoms with E-state index >= 15 is 0 Å². The first-order valence-electron chi connectivity index (χ1n) is 8.65. The van der Waals surface area contributed by atoms with Crippen molar-refractivity contribution < 1.29 is 13.6 Å². The topological polar surface area (TPSA) is 50.2 Å². The average molecular weight is 368 g/mol. The minimum Gasteiger partial charge on any atom is -0.379 e. The number of rotatable bonds is 4. The second kappa shape index (κ2) is 6.83. The molecule has 0 radical (unpaired) electrons. The van der Waals surface area contributed by atoms with Gasteiger partial charge in [0.15, 0.2) is 0 Å². The zero-order valence-corrected chi connectivity index (χ0v) is 14.7. The normalized spacial score (nSPS) is 13.6. The van der Waals surface area contributed by atoms with Crippen molar-refractivity contribution >= 4 is 17.3 Å². The fourth-order valence-corrected chi connectivity index (χ4v) is 3.15. The summed E-state index contributed by atoms with van der Waals surface area (Å²) in [5.74, 6) is -0.744. The molecule has 0 aliphatic carbocycles. The summed E-state index contributed by atoms with van der Waals surface area (Å²) < 4.78 is 28.2. The Labute approximate surface area is 155 Å². The second-order valence-electron chi connectivity index (χ2n) is 6.49. The Kier molecular flexibility index (Phi) is 4.35. The highest BCUT2D eigenvalue weighted by Crippen LogP contribution is 2.22. The third kappa shape index (κ3) is 3.40. The van der Waals surface area contributed by atoms with Crippen molar-refractivity contribution in [2.45, 2.75) is 20.0 Å². The van der Waals surface area contributed by atoms with E-state index in [1.807, 2.05) is 0 Å². The molecule has 1 N–H and O–H groups in total. The maximum absolute atomic E-state index is 13.4. The summed E-state index contributed by atoms with van der Waals surface area (Å²) in [6.07, 6.45) is 0. The molecule has 0 saturated carbocycles. The SMILES string of the molecule is Cc1cc(NCc2cc3n(n2)CCN(c2ccc(F)cc2)C3=O)ccc1F. The van der Waals surface area contributed by atoms with Crippen molar-refractivity contribution in [1.82, 2.24) is 9.78 Å². The molecule has 7 heteroatoms. The number of carbonyl (C=O) groups excluding carboxylic acids is 1. The largest absolute Gasteiger partial charge is 0.379 e. The van der Waals surface area contributed by atoms with Crippen LogP contribution in [0.3, 0.4) is 0 Å². The van der Waals surface area contributed by atoms with Crippen molar-refractivity contribution in [2.24, 2.45) is 0 Å². The van der Waals surface area contributed by atoms with E-state index in [4.69, 9.17) is 0 Å². The van der Waals surface area contributed by atoms with Crippen LogP contribution in [0.2, 0.25) is 0 Å². The van der Waals surface area contributed by atoms with Gasteiger partial charge in [0.1, 0.15) is 17.3 Å². The summed E-state index contributed by atoms with van der Waals surface area (Å²) in [5.41, 5.74) is 3.24. The number of fused-ring (bicyclic) bond motifs is 1. The van der Waals surface area contributed by atoms with Gasteiger partial charge in [-0.2, -0.15) is 5.10 Å². The zero-order chi connectivity index (χ0) is 19.0. The minimum atomic E-state index is -0.336. The van der Waals surface area contributed by atoms with Crippen LogP contribution < -0.4 is 10.2 Å². The van der Waals surface area contributed by atoms with Gasteiger partial charge in [0.25, 0.3) is 5.91 Å². The summed E-state index contributed by atoms with van der Waals surface area (Å²) in [6.45, 7) is 3.17. The first-order valence-corrected chi connectivity index (χ1v) is 8.65. The summed E-state index contributed by atoms with van der Waals surface area (Å²) in [6, 6.07) is 12.4. The molecule has 0 fully saturated rings.